The number of nitrogens with one attached hydrogen (secondary N) is 1. The second kappa shape index (κ2) is 8.85. The average molecular weight is 344 g/mol. The topological polar surface area (TPSA) is 84.9 Å². The number of aryl methyl sites for hydroxylation is 1. The van der Waals surface area contributed by atoms with Crippen molar-refractivity contribution in [2.24, 2.45) is 0 Å². The van der Waals surface area contributed by atoms with Crippen molar-refractivity contribution in [2.45, 2.75) is 18.7 Å². The molecule has 1 amide bonds. The second-order valence-corrected chi connectivity index (χ2v) is 6.80. The van der Waals surface area contributed by atoms with Crippen LogP contribution in [0.25, 0.3) is 0 Å². The molecule has 0 aliphatic rings. The maximum Gasteiger partial charge on any atom is 0.240 e. The molecular weight excluding hydrogens is 320 g/mol. The van der Waals surface area contributed by atoms with Crippen LogP contribution >= 0.6 is 0 Å². The number of hydrogen-bond donors (Lipinski definition) is 1. The molecule has 0 atom stereocenters. The van der Waals surface area contributed by atoms with Crippen LogP contribution in [0.5, 0.6) is 5.75 Å². The monoisotopic (exact) mass is 344 g/mol. The first kappa shape index (κ1) is 19.4. The van der Waals surface area contributed by atoms with E-state index in [2.05, 4.69) is 4.72 Å². The highest BCUT2D eigenvalue weighted by molar-refractivity contribution is 7.89. The third-order valence-electron chi connectivity index (χ3n) is 3.36. The van der Waals surface area contributed by atoms with Gasteiger partial charge in [-0.05, 0) is 30.7 Å². The van der Waals surface area contributed by atoms with Crippen LogP contribution in [0.4, 0.5) is 0 Å². The fraction of sp³-hybridized carbons (Fsp3) is 0.533. The minimum Gasteiger partial charge on any atom is -0.496 e. The quantitative estimate of drug-likeness (QED) is 0.715. The first-order valence-electron chi connectivity index (χ1n) is 7.20. The van der Waals surface area contributed by atoms with Crippen LogP contribution in [0.1, 0.15) is 12.5 Å². The number of methoxy groups -OCH3 is 2. The van der Waals surface area contributed by atoms with E-state index in [1.165, 1.54) is 25.0 Å². The molecule has 0 heterocycles. The molecule has 0 spiro atoms. The molecule has 0 saturated heterocycles. The summed E-state index contributed by atoms with van der Waals surface area (Å²) < 4.78 is 37.1. The Morgan fingerprint density at radius 2 is 1.96 bits per heavy atom. The highest BCUT2D eigenvalue weighted by Gasteiger charge is 2.16. The van der Waals surface area contributed by atoms with Gasteiger partial charge in [-0.25, -0.2) is 13.1 Å². The van der Waals surface area contributed by atoms with Gasteiger partial charge in [0.2, 0.25) is 15.9 Å². The summed E-state index contributed by atoms with van der Waals surface area (Å²) in [4.78, 5) is 13.2. The maximum absolute atomic E-state index is 12.3. The predicted octanol–water partition coefficient (Wildman–Crippen LogP) is 0.777. The van der Waals surface area contributed by atoms with Gasteiger partial charge in [0.25, 0.3) is 0 Å². The summed E-state index contributed by atoms with van der Waals surface area (Å²) in [6, 6.07) is 4.65. The van der Waals surface area contributed by atoms with Gasteiger partial charge in [-0.15, -0.1) is 0 Å². The SMILES string of the molecule is COCCN(CCNS(=O)(=O)c1ccc(OC)c(C)c1)C(C)=O. The lowest BCUT2D eigenvalue weighted by Crippen LogP contribution is -2.39. The lowest BCUT2D eigenvalue weighted by Gasteiger charge is -2.20. The van der Waals surface area contributed by atoms with E-state index in [-0.39, 0.29) is 23.9 Å². The van der Waals surface area contributed by atoms with Gasteiger partial charge in [0.05, 0.1) is 18.6 Å². The molecule has 1 aromatic rings. The molecule has 0 unspecified atom stereocenters. The molecule has 0 saturated carbocycles. The number of ether oxygens (including phenoxy) is 2. The summed E-state index contributed by atoms with van der Waals surface area (Å²) >= 11 is 0. The summed E-state index contributed by atoms with van der Waals surface area (Å²) in [7, 11) is -0.543. The summed E-state index contributed by atoms with van der Waals surface area (Å²) in [5.41, 5.74) is 0.737. The predicted molar refractivity (Wildman–Crippen MR) is 87.0 cm³/mol. The Bertz CT molecular complexity index is 631. The zero-order chi connectivity index (χ0) is 17.5. The Morgan fingerprint density at radius 1 is 1.26 bits per heavy atom. The van der Waals surface area contributed by atoms with E-state index in [0.717, 1.165) is 5.56 Å². The molecule has 0 fully saturated rings. The summed E-state index contributed by atoms with van der Waals surface area (Å²) in [6.07, 6.45) is 0. The molecular formula is C15H24N2O5S. The summed E-state index contributed by atoms with van der Waals surface area (Å²) in [5, 5.41) is 0. The standard InChI is InChI=1S/C15H24N2O5S/c1-12-11-14(5-6-15(12)22-4)23(19,20)16-7-8-17(13(2)18)9-10-21-3/h5-6,11,16H,7-10H2,1-4H3. The van der Waals surface area contributed by atoms with E-state index in [1.54, 1.807) is 26.2 Å². The minimum atomic E-state index is -3.62. The Morgan fingerprint density at radius 3 is 2.48 bits per heavy atom. The van der Waals surface area contributed by atoms with Crippen LogP contribution < -0.4 is 9.46 Å². The fourth-order valence-electron chi connectivity index (χ4n) is 2.04. The van der Waals surface area contributed by atoms with Gasteiger partial charge in [0.1, 0.15) is 5.75 Å². The number of nitrogens with zero attached hydrogens (tertiary/aromatic N) is 1. The molecule has 0 aromatic heterocycles. The number of amides is 1. The molecule has 23 heavy (non-hydrogen) atoms. The van der Waals surface area contributed by atoms with Gasteiger partial charge < -0.3 is 14.4 Å². The second-order valence-electron chi connectivity index (χ2n) is 5.03. The Labute approximate surface area is 137 Å². The van der Waals surface area contributed by atoms with Crippen LogP contribution in [-0.4, -0.2) is 59.7 Å². The van der Waals surface area contributed by atoms with Gasteiger partial charge in [-0.3, -0.25) is 4.79 Å². The Hall–Kier alpha value is -1.64. The van der Waals surface area contributed by atoms with Crippen LogP contribution in [0.3, 0.4) is 0 Å². The minimum absolute atomic E-state index is 0.124. The molecule has 1 N–H and O–H groups in total. The van der Waals surface area contributed by atoms with E-state index < -0.39 is 10.0 Å². The number of carbonyl (C=O) groups excluding carboxylic acids is 1. The zero-order valence-corrected chi connectivity index (χ0v) is 14.8. The van der Waals surface area contributed by atoms with E-state index in [1.807, 2.05) is 0 Å². The Balaban J connectivity index is 2.68. The summed E-state index contributed by atoms with van der Waals surface area (Å²) in [6.45, 7) is 4.47. The zero-order valence-electron chi connectivity index (χ0n) is 14.0. The molecule has 1 aromatic carbocycles. The molecule has 0 radical (unpaired) electrons. The molecule has 130 valence electrons. The number of carbonyl (C=O) groups is 1. The molecule has 8 heteroatoms. The number of sulfonamides is 1. The summed E-state index contributed by atoms with van der Waals surface area (Å²) in [5.74, 6) is 0.507. The van der Waals surface area contributed by atoms with E-state index >= 15 is 0 Å². The van der Waals surface area contributed by atoms with Crippen molar-refractivity contribution in [2.75, 3.05) is 40.5 Å². The van der Waals surface area contributed by atoms with Gasteiger partial charge >= 0.3 is 0 Å². The van der Waals surface area contributed by atoms with Crippen LogP contribution in [0.15, 0.2) is 23.1 Å². The fourth-order valence-corrected chi connectivity index (χ4v) is 3.15. The van der Waals surface area contributed by atoms with Crippen molar-refractivity contribution in [3.63, 3.8) is 0 Å². The Kier molecular flexibility index (Phi) is 7.47. The average Bonchev–Trinajstić information content (AvgIpc) is 2.50. The van der Waals surface area contributed by atoms with E-state index in [9.17, 15) is 13.2 Å². The highest BCUT2D eigenvalue weighted by atomic mass is 32.2. The highest BCUT2D eigenvalue weighted by Crippen LogP contribution is 2.21. The van der Waals surface area contributed by atoms with Crippen molar-refractivity contribution in [1.82, 2.24) is 9.62 Å². The van der Waals surface area contributed by atoms with Crippen molar-refractivity contribution in [3.8, 4) is 5.75 Å². The molecule has 1 rings (SSSR count). The molecule has 0 bridgehead atoms. The number of benzene rings is 1. The normalized spacial score (nSPS) is 11.3. The lowest BCUT2D eigenvalue weighted by molar-refractivity contribution is -0.129. The van der Waals surface area contributed by atoms with E-state index in [4.69, 9.17) is 9.47 Å². The maximum atomic E-state index is 12.3. The van der Waals surface area contributed by atoms with Crippen LogP contribution in [0, 0.1) is 6.92 Å². The first-order chi connectivity index (χ1) is 10.8. The van der Waals surface area contributed by atoms with Gasteiger partial charge in [-0.1, -0.05) is 0 Å². The van der Waals surface area contributed by atoms with Crippen molar-refractivity contribution < 1.29 is 22.7 Å². The molecule has 0 aliphatic carbocycles. The van der Waals surface area contributed by atoms with Gasteiger partial charge in [0.15, 0.2) is 0 Å². The smallest absolute Gasteiger partial charge is 0.240 e. The van der Waals surface area contributed by atoms with Crippen molar-refractivity contribution in [3.05, 3.63) is 23.8 Å². The lowest BCUT2D eigenvalue weighted by atomic mass is 10.2. The van der Waals surface area contributed by atoms with Gasteiger partial charge in [-0.2, -0.15) is 0 Å². The first-order valence-corrected chi connectivity index (χ1v) is 8.69. The molecule has 0 aliphatic heterocycles. The van der Waals surface area contributed by atoms with Crippen molar-refractivity contribution in [1.29, 1.82) is 0 Å². The van der Waals surface area contributed by atoms with Crippen LogP contribution in [0.2, 0.25) is 0 Å². The third-order valence-corrected chi connectivity index (χ3v) is 4.82. The number of hydrogen-bond acceptors (Lipinski definition) is 5. The van der Waals surface area contributed by atoms with Crippen LogP contribution in [-0.2, 0) is 19.6 Å². The molecule has 7 nitrogen and oxygen atoms in total. The van der Waals surface area contributed by atoms with Gasteiger partial charge in [0, 0.05) is 33.7 Å². The third kappa shape index (κ3) is 5.81. The number of rotatable bonds is 9. The van der Waals surface area contributed by atoms with Crippen molar-refractivity contribution >= 4 is 15.9 Å². The van der Waals surface area contributed by atoms with E-state index in [0.29, 0.717) is 18.9 Å². The largest absolute Gasteiger partial charge is 0.496 e.